The lowest BCUT2D eigenvalue weighted by Crippen LogP contribution is -2.29. The van der Waals surface area contributed by atoms with E-state index in [1.165, 1.54) is 39.2 Å². The molecule has 0 amide bonds. The number of carbonyl (C=O) groups is 1. The highest BCUT2D eigenvalue weighted by molar-refractivity contribution is 8.18. The molecular formula is C25H37N3O3S2. The first-order valence-electron chi connectivity index (χ1n) is 12.0. The van der Waals surface area contributed by atoms with Crippen molar-refractivity contribution in [1.82, 2.24) is 15.0 Å². The van der Waals surface area contributed by atoms with Gasteiger partial charge in [-0.3, -0.25) is 9.48 Å². The molecule has 1 aromatic heterocycles. The number of hydrogen-bond donors (Lipinski definition) is 1. The molecule has 1 aliphatic rings. The second-order valence-electron chi connectivity index (χ2n) is 8.76. The van der Waals surface area contributed by atoms with Gasteiger partial charge in [0.15, 0.2) is 0 Å². The molecule has 1 unspecified atom stereocenters. The third-order valence-electron chi connectivity index (χ3n) is 6.12. The number of carbonyl (C=O) groups excluding carboxylic acids is 1. The summed E-state index contributed by atoms with van der Waals surface area (Å²) in [5, 5.41) is 19.5. The Morgan fingerprint density at radius 3 is 2.39 bits per heavy atom. The number of ether oxygens (including phenoxy) is 1. The van der Waals surface area contributed by atoms with Crippen LogP contribution in [0.4, 0.5) is 0 Å². The molecule has 2 aromatic rings. The van der Waals surface area contributed by atoms with E-state index in [4.69, 9.17) is 0 Å². The van der Waals surface area contributed by atoms with Crippen LogP contribution in [0.2, 0.25) is 0 Å². The van der Waals surface area contributed by atoms with Crippen LogP contribution < -0.4 is 0 Å². The average Bonchev–Trinajstić information content (AvgIpc) is 3.32. The molecule has 0 radical (unpaired) electrons. The monoisotopic (exact) mass is 491 g/mol. The van der Waals surface area contributed by atoms with Crippen LogP contribution in [0.3, 0.4) is 0 Å². The maximum Gasteiger partial charge on any atom is 0.305 e. The molecule has 182 valence electrons. The number of aliphatic hydroxyl groups excluding tert-OH is 1. The van der Waals surface area contributed by atoms with Gasteiger partial charge in [-0.05, 0) is 43.3 Å². The highest BCUT2D eigenvalue weighted by atomic mass is 32.2. The topological polar surface area (TPSA) is 77.2 Å². The lowest BCUT2D eigenvalue weighted by molar-refractivity contribution is -0.140. The van der Waals surface area contributed by atoms with Gasteiger partial charge in [0.25, 0.3) is 0 Å². The summed E-state index contributed by atoms with van der Waals surface area (Å²) in [6.07, 6.45) is 11.1. The van der Waals surface area contributed by atoms with Crippen molar-refractivity contribution in [3.63, 3.8) is 0 Å². The molecule has 3 rings (SSSR count). The number of methoxy groups -OCH3 is 1. The molecule has 2 heterocycles. The summed E-state index contributed by atoms with van der Waals surface area (Å²) in [6, 6.07) is 8.11. The zero-order valence-electron chi connectivity index (χ0n) is 19.9. The van der Waals surface area contributed by atoms with E-state index in [1.54, 1.807) is 0 Å². The molecule has 6 nitrogen and oxygen atoms in total. The maximum atomic E-state index is 11.1. The van der Waals surface area contributed by atoms with Crippen LogP contribution in [0, 0.1) is 0 Å². The Labute approximate surface area is 206 Å². The van der Waals surface area contributed by atoms with Crippen molar-refractivity contribution in [1.29, 1.82) is 0 Å². The summed E-state index contributed by atoms with van der Waals surface area (Å²) in [7, 11) is 1.44. The minimum absolute atomic E-state index is 0.109. The third-order valence-corrected chi connectivity index (χ3v) is 9.40. The molecule has 1 atom stereocenters. The van der Waals surface area contributed by atoms with Crippen LogP contribution in [-0.2, 0) is 16.1 Å². The van der Waals surface area contributed by atoms with E-state index in [0.717, 1.165) is 54.1 Å². The minimum atomic E-state index is -0.481. The first-order valence-corrected chi connectivity index (χ1v) is 14.0. The Bertz CT molecular complexity index is 851. The summed E-state index contributed by atoms with van der Waals surface area (Å²) < 4.78 is 6.41. The molecule has 1 N–H and O–H groups in total. The fraction of sp³-hybridized carbons (Fsp3) is 0.640. The first kappa shape index (κ1) is 26.1. The van der Waals surface area contributed by atoms with Gasteiger partial charge in [-0.1, -0.05) is 61.6 Å². The SMILES string of the molecule is COC(=O)CCCCCCCCCn1cc(-c2ccc(C(O)C3(C)SCCCS3)cc2)nn1. The average molecular weight is 492 g/mol. The summed E-state index contributed by atoms with van der Waals surface area (Å²) in [5.41, 5.74) is 2.85. The number of thioether (sulfide) groups is 2. The lowest BCUT2D eigenvalue weighted by Gasteiger charge is -2.36. The first-order chi connectivity index (χ1) is 16.0. The Balaban J connectivity index is 1.37. The van der Waals surface area contributed by atoms with E-state index < -0.39 is 6.10 Å². The van der Waals surface area contributed by atoms with Crippen molar-refractivity contribution >= 4 is 29.5 Å². The van der Waals surface area contributed by atoms with Crippen LogP contribution in [0.25, 0.3) is 11.3 Å². The second kappa shape index (κ2) is 13.4. The van der Waals surface area contributed by atoms with Crippen LogP contribution >= 0.6 is 23.5 Å². The van der Waals surface area contributed by atoms with Crippen LogP contribution in [0.1, 0.15) is 76.4 Å². The molecule has 0 spiro atoms. The van der Waals surface area contributed by atoms with Gasteiger partial charge < -0.3 is 9.84 Å². The molecule has 1 saturated heterocycles. The number of rotatable bonds is 13. The molecule has 8 heteroatoms. The maximum absolute atomic E-state index is 11.1. The third kappa shape index (κ3) is 8.04. The molecule has 1 aromatic carbocycles. The van der Waals surface area contributed by atoms with Crippen molar-refractivity contribution in [3.05, 3.63) is 36.0 Å². The van der Waals surface area contributed by atoms with E-state index in [9.17, 15) is 9.90 Å². The number of aliphatic hydroxyl groups is 1. The molecule has 0 bridgehead atoms. The number of hydrogen-bond acceptors (Lipinski definition) is 7. The van der Waals surface area contributed by atoms with E-state index in [1.807, 2.05) is 58.7 Å². The minimum Gasteiger partial charge on any atom is -0.469 e. The Kier molecular flexibility index (Phi) is 10.6. The van der Waals surface area contributed by atoms with Gasteiger partial charge in [0.05, 0.1) is 17.4 Å². The lowest BCUT2D eigenvalue weighted by atomic mass is 10.0. The van der Waals surface area contributed by atoms with Gasteiger partial charge in [-0.25, -0.2) is 0 Å². The quantitative estimate of drug-likeness (QED) is 0.278. The van der Waals surface area contributed by atoms with Crippen molar-refractivity contribution in [2.45, 2.75) is 81.4 Å². The number of esters is 1. The van der Waals surface area contributed by atoms with Crippen molar-refractivity contribution < 1.29 is 14.6 Å². The number of aryl methyl sites for hydroxylation is 1. The van der Waals surface area contributed by atoms with E-state index >= 15 is 0 Å². The Hall–Kier alpha value is -1.51. The second-order valence-corrected chi connectivity index (χ2v) is 12.1. The van der Waals surface area contributed by atoms with Gasteiger partial charge in [0, 0.05) is 18.5 Å². The predicted octanol–water partition coefficient (Wildman–Crippen LogP) is 5.86. The summed E-state index contributed by atoms with van der Waals surface area (Å²) in [4.78, 5) is 11.1. The summed E-state index contributed by atoms with van der Waals surface area (Å²) in [5.74, 6) is 2.11. The molecule has 1 fully saturated rings. The fourth-order valence-electron chi connectivity index (χ4n) is 4.02. The highest BCUT2D eigenvalue weighted by Crippen LogP contribution is 2.49. The zero-order chi connectivity index (χ0) is 23.5. The molecule has 0 aliphatic carbocycles. The van der Waals surface area contributed by atoms with Gasteiger partial charge in [-0.2, -0.15) is 0 Å². The van der Waals surface area contributed by atoms with E-state index in [2.05, 4.69) is 22.0 Å². The van der Waals surface area contributed by atoms with Gasteiger partial charge in [0.1, 0.15) is 11.8 Å². The Morgan fingerprint density at radius 1 is 1.09 bits per heavy atom. The molecule has 33 heavy (non-hydrogen) atoms. The van der Waals surface area contributed by atoms with Crippen LogP contribution in [-0.4, -0.2) is 48.8 Å². The molecule has 1 aliphatic heterocycles. The number of aromatic nitrogens is 3. The van der Waals surface area contributed by atoms with Crippen LogP contribution in [0.15, 0.2) is 30.5 Å². The van der Waals surface area contributed by atoms with E-state index in [0.29, 0.717) is 6.42 Å². The smallest absolute Gasteiger partial charge is 0.305 e. The van der Waals surface area contributed by atoms with Crippen molar-refractivity contribution in [3.8, 4) is 11.3 Å². The van der Waals surface area contributed by atoms with Gasteiger partial charge in [-0.15, -0.1) is 28.6 Å². The largest absolute Gasteiger partial charge is 0.469 e. The van der Waals surface area contributed by atoms with Crippen molar-refractivity contribution in [2.75, 3.05) is 18.6 Å². The number of nitrogens with zero attached hydrogens (tertiary/aromatic N) is 3. The highest BCUT2D eigenvalue weighted by Gasteiger charge is 2.37. The summed E-state index contributed by atoms with van der Waals surface area (Å²) >= 11 is 3.72. The van der Waals surface area contributed by atoms with Crippen LogP contribution in [0.5, 0.6) is 0 Å². The van der Waals surface area contributed by atoms with Crippen molar-refractivity contribution in [2.24, 2.45) is 0 Å². The predicted molar refractivity (Wildman–Crippen MR) is 137 cm³/mol. The van der Waals surface area contributed by atoms with Gasteiger partial charge >= 0.3 is 5.97 Å². The van der Waals surface area contributed by atoms with E-state index in [-0.39, 0.29) is 10.0 Å². The Morgan fingerprint density at radius 2 is 1.73 bits per heavy atom. The van der Waals surface area contributed by atoms with Gasteiger partial charge in [0.2, 0.25) is 0 Å². The standard InChI is InChI=1S/C25H37N3O3S2/c1-25(32-17-10-18-33-25)24(30)21-14-12-20(13-15-21)22-19-28(27-26-22)16-9-7-5-3-4-6-8-11-23(29)31-2/h12-15,19,24,30H,3-11,16-18H2,1-2H3. The molecule has 0 saturated carbocycles. The normalized spacial score (nSPS) is 16.5. The fourth-order valence-corrected chi connectivity index (χ4v) is 7.01. The number of benzene rings is 1. The molecular weight excluding hydrogens is 454 g/mol. The number of unbranched alkanes of at least 4 members (excludes halogenated alkanes) is 6. The summed E-state index contributed by atoms with van der Waals surface area (Å²) in [6.45, 7) is 3.02. The zero-order valence-corrected chi connectivity index (χ0v) is 21.5.